The van der Waals surface area contributed by atoms with Crippen molar-refractivity contribution in [3.63, 3.8) is 0 Å². The molecule has 1 fully saturated rings. The number of hydrogen-bond acceptors (Lipinski definition) is 3. The molecule has 0 bridgehead atoms. The molecule has 2 rings (SSSR count). The Morgan fingerprint density at radius 3 is 2.50 bits per heavy atom. The van der Waals surface area contributed by atoms with Crippen molar-refractivity contribution in [1.29, 1.82) is 5.26 Å². The molecule has 1 amide bonds. The highest BCUT2D eigenvalue weighted by Gasteiger charge is 2.24. The molecule has 0 unspecified atom stereocenters. The topological polar surface area (TPSA) is 56.1 Å². The Morgan fingerprint density at radius 2 is 1.95 bits per heavy atom. The van der Waals surface area contributed by atoms with Crippen molar-refractivity contribution in [2.24, 2.45) is 5.92 Å². The standard InChI is InChI=1S/C16H21N3O/c1-12-7-9-19(10-8-12)13(2)16(20)18-15-5-3-14(11-17)4-6-15/h3-6,12-13H,7-10H2,1-2H3,(H,18,20)/t13-/m0/s1. The Morgan fingerprint density at radius 1 is 1.35 bits per heavy atom. The van der Waals surface area contributed by atoms with Crippen molar-refractivity contribution in [1.82, 2.24) is 4.90 Å². The molecule has 0 radical (unpaired) electrons. The number of carbonyl (C=O) groups is 1. The van der Waals surface area contributed by atoms with Gasteiger partial charge in [-0.05, 0) is 63.0 Å². The summed E-state index contributed by atoms with van der Waals surface area (Å²) in [4.78, 5) is 14.5. The molecule has 1 aliphatic rings. The third-order valence-electron chi connectivity index (χ3n) is 4.03. The highest BCUT2D eigenvalue weighted by molar-refractivity contribution is 5.94. The quantitative estimate of drug-likeness (QED) is 0.919. The maximum Gasteiger partial charge on any atom is 0.241 e. The fourth-order valence-corrected chi connectivity index (χ4v) is 2.46. The number of nitrogens with zero attached hydrogens (tertiary/aromatic N) is 2. The largest absolute Gasteiger partial charge is 0.325 e. The molecule has 0 aliphatic carbocycles. The van der Waals surface area contributed by atoms with E-state index in [9.17, 15) is 4.79 Å². The highest BCUT2D eigenvalue weighted by Crippen LogP contribution is 2.19. The number of amides is 1. The van der Waals surface area contributed by atoms with Gasteiger partial charge in [-0.1, -0.05) is 6.92 Å². The van der Waals surface area contributed by atoms with E-state index in [0.29, 0.717) is 5.56 Å². The molecule has 4 heteroatoms. The smallest absolute Gasteiger partial charge is 0.241 e. The lowest BCUT2D eigenvalue weighted by Gasteiger charge is -2.34. The second-order valence-electron chi connectivity index (χ2n) is 5.57. The van der Waals surface area contributed by atoms with E-state index in [2.05, 4.69) is 23.2 Å². The lowest BCUT2D eigenvalue weighted by Crippen LogP contribution is -2.45. The maximum atomic E-state index is 12.2. The molecule has 0 saturated carbocycles. The van der Waals surface area contributed by atoms with Crippen molar-refractivity contribution in [3.8, 4) is 6.07 Å². The number of benzene rings is 1. The summed E-state index contributed by atoms with van der Waals surface area (Å²) in [5.74, 6) is 0.782. The van der Waals surface area contributed by atoms with Gasteiger partial charge >= 0.3 is 0 Å². The van der Waals surface area contributed by atoms with Gasteiger partial charge in [0, 0.05) is 5.69 Å². The van der Waals surface area contributed by atoms with Crippen LogP contribution in [0.3, 0.4) is 0 Å². The predicted molar refractivity (Wildman–Crippen MR) is 79.2 cm³/mol. The molecule has 1 saturated heterocycles. The summed E-state index contributed by atoms with van der Waals surface area (Å²) in [5, 5.41) is 11.7. The number of nitriles is 1. The summed E-state index contributed by atoms with van der Waals surface area (Å²) >= 11 is 0. The Kier molecular flexibility index (Phi) is 4.75. The third kappa shape index (κ3) is 3.58. The number of hydrogen-bond donors (Lipinski definition) is 1. The van der Waals surface area contributed by atoms with Gasteiger partial charge in [-0.3, -0.25) is 9.69 Å². The minimum absolute atomic E-state index is 0.0178. The van der Waals surface area contributed by atoms with Gasteiger partial charge in [0.1, 0.15) is 0 Å². The second kappa shape index (κ2) is 6.53. The van der Waals surface area contributed by atoms with E-state index >= 15 is 0 Å². The number of carbonyl (C=O) groups excluding carboxylic acids is 1. The maximum absolute atomic E-state index is 12.2. The minimum Gasteiger partial charge on any atom is -0.325 e. The molecular formula is C16H21N3O. The zero-order valence-corrected chi connectivity index (χ0v) is 12.1. The van der Waals surface area contributed by atoms with Gasteiger partial charge in [-0.15, -0.1) is 0 Å². The van der Waals surface area contributed by atoms with Crippen LogP contribution in [0.1, 0.15) is 32.3 Å². The Bertz CT molecular complexity index is 495. The summed E-state index contributed by atoms with van der Waals surface area (Å²) in [5.41, 5.74) is 1.34. The number of likely N-dealkylation sites (tertiary alicyclic amines) is 1. The van der Waals surface area contributed by atoms with E-state index in [-0.39, 0.29) is 11.9 Å². The first-order chi connectivity index (χ1) is 9.60. The molecule has 106 valence electrons. The first-order valence-electron chi connectivity index (χ1n) is 7.15. The lowest BCUT2D eigenvalue weighted by molar-refractivity contribution is -0.121. The molecule has 1 aliphatic heterocycles. The zero-order chi connectivity index (χ0) is 14.5. The van der Waals surface area contributed by atoms with E-state index in [1.165, 1.54) is 0 Å². The van der Waals surface area contributed by atoms with E-state index < -0.39 is 0 Å². The molecule has 1 aromatic carbocycles. The monoisotopic (exact) mass is 271 g/mol. The molecule has 1 N–H and O–H groups in total. The van der Waals surface area contributed by atoms with Gasteiger partial charge in [0.15, 0.2) is 0 Å². The first-order valence-corrected chi connectivity index (χ1v) is 7.15. The van der Waals surface area contributed by atoms with Crippen LogP contribution in [0.2, 0.25) is 0 Å². The van der Waals surface area contributed by atoms with Gasteiger partial charge in [0.2, 0.25) is 5.91 Å². The Hall–Kier alpha value is -1.86. The molecular weight excluding hydrogens is 250 g/mol. The van der Waals surface area contributed by atoms with Crippen molar-refractivity contribution in [2.75, 3.05) is 18.4 Å². The summed E-state index contributed by atoms with van der Waals surface area (Å²) in [7, 11) is 0. The van der Waals surface area contributed by atoms with Crippen LogP contribution >= 0.6 is 0 Å². The molecule has 1 atom stereocenters. The van der Waals surface area contributed by atoms with Crippen LogP contribution in [-0.2, 0) is 4.79 Å². The predicted octanol–water partition coefficient (Wildman–Crippen LogP) is 2.62. The minimum atomic E-state index is -0.113. The average Bonchev–Trinajstić information content (AvgIpc) is 2.48. The molecule has 1 aromatic rings. The SMILES string of the molecule is CC1CCN([C@@H](C)C(=O)Nc2ccc(C#N)cc2)CC1. The van der Waals surface area contributed by atoms with Crippen LogP contribution in [0, 0.1) is 17.2 Å². The molecule has 0 aromatic heterocycles. The zero-order valence-electron chi connectivity index (χ0n) is 12.1. The van der Waals surface area contributed by atoms with Crippen molar-refractivity contribution >= 4 is 11.6 Å². The van der Waals surface area contributed by atoms with Gasteiger partial charge in [-0.2, -0.15) is 5.26 Å². The van der Waals surface area contributed by atoms with E-state index in [0.717, 1.165) is 37.5 Å². The van der Waals surface area contributed by atoms with Gasteiger partial charge < -0.3 is 5.32 Å². The van der Waals surface area contributed by atoms with E-state index in [1.807, 2.05) is 6.92 Å². The molecule has 20 heavy (non-hydrogen) atoms. The first kappa shape index (κ1) is 14.5. The number of anilines is 1. The summed E-state index contributed by atoms with van der Waals surface area (Å²) in [6.07, 6.45) is 2.32. The van der Waals surface area contributed by atoms with Crippen LogP contribution in [0.15, 0.2) is 24.3 Å². The third-order valence-corrected chi connectivity index (χ3v) is 4.03. The van der Waals surface area contributed by atoms with Gasteiger partial charge in [-0.25, -0.2) is 0 Å². The second-order valence-corrected chi connectivity index (χ2v) is 5.57. The Balaban J connectivity index is 1.91. The summed E-state index contributed by atoms with van der Waals surface area (Å²) in [6, 6.07) is 8.91. The van der Waals surface area contributed by atoms with Crippen molar-refractivity contribution in [3.05, 3.63) is 29.8 Å². The van der Waals surface area contributed by atoms with E-state index in [4.69, 9.17) is 5.26 Å². The van der Waals surface area contributed by atoms with Crippen LogP contribution in [-0.4, -0.2) is 29.9 Å². The van der Waals surface area contributed by atoms with E-state index in [1.54, 1.807) is 24.3 Å². The summed E-state index contributed by atoms with van der Waals surface area (Å²) in [6.45, 7) is 6.19. The normalized spacial score (nSPS) is 18.2. The molecule has 4 nitrogen and oxygen atoms in total. The van der Waals surface area contributed by atoms with Crippen LogP contribution in [0.25, 0.3) is 0 Å². The fraction of sp³-hybridized carbons (Fsp3) is 0.500. The number of nitrogens with one attached hydrogen (secondary N) is 1. The summed E-state index contributed by atoms with van der Waals surface area (Å²) < 4.78 is 0. The average molecular weight is 271 g/mol. The Labute approximate surface area is 120 Å². The fourth-order valence-electron chi connectivity index (χ4n) is 2.46. The number of piperidine rings is 1. The lowest BCUT2D eigenvalue weighted by atomic mass is 9.98. The van der Waals surface area contributed by atoms with Gasteiger partial charge in [0.05, 0.1) is 17.7 Å². The van der Waals surface area contributed by atoms with Crippen molar-refractivity contribution in [2.45, 2.75) is 32.7 Å². The van der Waals surface area contributed by atoms with Crippen LogP contribution in [0.5, 0.6) is 0 Å². The molecule has 0 spiro atoms. The van der Waals surface area contributed by atoms with Crippen LogP contribution in [0.4, 0.5) is 5.69 Å². The highest BCUT2D eigenvalue weighted by atomic mass is 16.2. The van der Waals surface area contributed by atoms with Crippen molar-refractivity contribution < 1.29 is 4.79 Å². The number of rotatable bonds is 3. The van der Waals surface area contributed by atoms with Gasteiger partial charge in [0.25, 0.3) is 0 Å². The molecule has 1 heterocycles. The van der Waals surface area contributed by atoms with Crippen LogP contribution < -0.4 is 5.32 Å².